The molecule has 1 N–H and O–H groups in total. The zero-order chi connectivity index (χ0) is 17.6. The van der Waals surface area contributed by atoms with Gasteiger partial charge in [0.2, 0.25) is 5.91 Å². The molecule has 0 spiro atoms. The van der Waals surface area contributed by atoms with Crippen molar-refractivity contribution in [2.45, 2.75) is 32.3 Å². The van der Waals surface area contributed by atoms with E-state index in [1.54, 1.807) is 7.11 Å². The first-order valence-electron chi connectivity index (χ1n) is 8.87. The van der Waals surface area contributed by atoms with Gasteiger partial charge in [-0.05, 0) is 49.6 Å². The number of hydrogen-bond acceptors (Lipinski definition) is 3. The molecule has 0 saturated carbocycles. The zero-order valence-corrected chi connectivity index (χ0v) is 15.0. The summed E-state index contributed by atoms with van der Waals surface area (Å²) in [4.78, 5) is 14.6. The van der Waals surface area contributed by atoms with Crippen LogP contribution in [-0.2, 0) is 16.0 Å². The van der Waals surface area contributed by atoms with Gasteiger partial charge in [0.15, 0.2) is 0 Å². The average Bonchev–Trinajstić information content (AvgIpc) is 2.62. The van der Waals surface area contributed by atoms with Gasteiger partial charge < -0.3 is 15.0 Å². The van der Waals surface area contributed by atoms with Gasteiger partial charge in [-0.1, -0.05) is 29.8 Å². The maximum Gasteiger partial charge on any atom is 0.228 e. The number of methoxy groups -OCH3 is 1. The van der Waals surface area contributed by atoms with Gasteiger partial charge in [0.1, 0.15) is 0 Å². The number of anilines is 2. The van der Waals surface area contributed by atoms with Crippen molar-refractivity contribution < 1.29 is 9.53 Å². The Labute approximate surface area is 149 Å². The zero-order valence-electron chi connectivity index (χ0n) is 15.0. The quantitative estimate of drug-likeness (QED) is 0.902. The number of carbonyl (C=O) groups is 1. The molecule has 1 heterocycles. The maximum atomic E-state index is 12.2. The van der Waals surface area contributed by atoms with Crippen LogP contribution in [0.25, 0.3) is 0 Å². The standard InChI is InChI=1S/C21H26N2O2/c1-16-5-3-6-17(13-16)14-21(24)22-18-8-10-19(11-9-18)23-12-4-7-20(15-23)25-2/h3,5-6,8-11,13,20H,4,7,12,14-15H2,1-2H3,(H,22,24)/t20-/m0/s1. The van der Waals surface area contributed by atoms with Gasteiger partial charge in [0.05, 0.1) is 12.5 Å². The Hall–Kier alpha value is -2.33. The van der Waals surface area contributed by atoms with Gasteiger partial charge in [0, 0.05) is 31.6 Å². The second kappa shape index (κ2) is 8.17. The van der Waals surface area contributed by atoms with E-state index in [2.05, 4.69) is 22.3 Å². The van der Waals surface area contributed by atoms with Gasteiger partial charge in [-0.15, -0.1) is 0 Å². The number of aryl methyl sites for hydroxylation is 1. The molecule has 0 unspecified atom stereocenters. The third kappa shape index (κ3) is 4.83. The summed E-state index contributed by atoms with van der Waals surface area (Å²) in [7, 11) is 1.78. The molecule has 3 rings (SSSR count). The lowest BCUT2D eigenvalue weighted by Gasteiger charge is -2.33. The molecule has 4 nitrogen and oxygen atoms in total. The van der Waals surface area contributed by atoms with Gasteiger partial charge in [-0.2, -0.15) is 0 Å². The van der Waals surface area contributed by atoms with Gasteiger partial charge in [-0.3, -0.25) is 4.79 Å². The minimum Gasteiger partial charge on any atom is -0.380 e. The van der Waals surface area contributed by atoms with Crippen molar-refractivity contribution >= 4 is 17.3 Å². The highest BCUT2D eigenvalue weighted by molar-refractivity contribution is 5.92. The van der Waals surface area contributed by atoms with Crippen LogP contribution in [-0.4, -0.2) is 32.2 Å². The van der Waals surface area contributed by atoms with E-state index in [1.165, 1.54) is 11.3 Å². The summed E-state index contributed by atoms with van der Waals surface area (Å²) in [6.07, 6.45) is 2.97. The van der Waals surface area contributed by atoms with Crippen molar-refractivity contribution in [3.63, 3.8) is 0 Å². The SMILES string of the molecule is CO[C@H]1CCCN(c2ccc(NC(=O)Cc3cccc(C)c3)cc2)C1. The number of benzene rings is 2. The highest BCUT2D eigenvalue weighted by Gasteiger charge is 2.19. The third-order valence-electron chi connectivity index (χ3n) is 4.67. The van der Waals surface area contributed by atoms with E-state index < -0.39 is 0 Å². The number of amides is 1. The molecule has 1 atom stereocenters. The monoisotopic (exact) mass is 338 g/mol. The second-order valence-corrected chi connectivity index (χ2v) is 6.71. The predicted octanol–water partition coefficient (Wildman–Crippen LogP) is 3.79. The van der Waals surface area contributed by atoms with Crippen molar-refractivity contribution in [2.24, 2.45) is 0 Å². The summed E-state index contributed by atoms with van der Waals surface area (Å²) in [6.45, 7) is 4.02. The molecule has 0 aliphatic carbocycles. The second-order valence-electron chi connectivity index (χ2n) is 6.71. The van der Waals surface area contributed by atoms with Gasteiger partial charge in [-0.25, -0.2) is 0 Å². The highest BCUT2D eigenvalue weighted by atomic mass is 16.5. The van der Waals surface area contributed by atoms with E-state index in [0.717, 1.165) is 37.2 Å². The maximum absolute atomic E-state index is 12.2. The molecule has 2 aromatic rings. The molecule has 1 saturated heterocycles. The first-order chi connectivity index (χ1) is 12.1. The molecule has 4 heteroatoms. The van der Waals surface area contributed by atoms with Crippen molar-refractivity contribution in [3.8, 4) is 0 Å². The first kappa shape index (κ1) is 17.5. The van der Waals surface area contributed by atoms with Crippen LogP contribution < -0.4 is 10.2 Å². The molecular weight excluding hydrogens is 312 g/mol. The van der Waals surface area contributed by atoms with Crippen molar-refractivity contribution in [1.29, 1.82) is 0 Å². The van der Waals surface area contributed by atoms with Crippen LogP contribution in [0.3, 0.4) is 0 Å². The molecule has 0 radical (unpaired) electrons. The molecule has 0 aromatic heterocycles. The van der Waals surface area contributed by atoms with Crippen molar-refractivity contribution in [1.82, 2.24) is 0 Å². The van der Waals surface area contributed by atoms with E-state index in [0.29, 0.717) is 12.5 Å². The Morgan fingerprint density at radius 3 is 2.76 bits per heavy atom. The topological polar surface area (TPSA) is 41.6 Å². The molecule has 132 valence electrons. The minimum absolute atomic E-state index is 0.00997. The van der Waals surface area contributed by atoms with E-state index >= 15 is 0 Å². The van der Waals surface area contributed by atoms with E-state index in [9.17, 15) is 4.79 Å². The third-order valence-corrected chi connectivity index (χ3v) is 4.67. The van der Waals surface area contributed by atoms with Crippen LogP contribution in [0.5, 0.6) is 0 Å². The number of nitrogens with one attached hydrogen (secondary N) is 1. The molecule has 25 heavy (non-hydrogen) atoms. The largest absolute Gasteiger partial charge is 0.380 e. The number of ether oxygens (including phenoxy) is 1. The fourth-order valence-electron chi connectivity index (χ4n) is 3.33. The van der Waals surface area contributed by atoms with Crippen LogP contribution in [0.15, 0.2) is 48.5 Å². The van der Waals surface area contributed by atoms with Crippen molar-refractivity contribution in [3.05, 3.63) is 59.7 Å². The molecule has 1 aliphatic rings. The van der Waals surface area contributed by atoms with E-state index in [1.807, 2.05) is 43.3 Å². The lowest BCUT2D eigenvalue weighted by Crippen LogP contribution is -2.39. The molecular formula is C21H26N2O2. The number of piperidine rings is 1. The molecule has 0 bridgehead atoms. The van der Waals surface area contributed by atoms with Gasteiger partial charge >= 0.3 is 0 Å². The molecule has 1 aliphatic heterocycles. The van der Waals surface area contributed by atoms with Crippen molar-refractivity contribution in [2.75, 3.05) is 30.4 Å². The summed E-state index contributed by atoms with van der Waals surface area (Å²) < 4.78 is 5.49. The molecule has 2 aromatic carbocycles. The highest BCUT2D eigenvalue weighted by Crippen LogP contribution is 2.23. The fourth-order valence-corrected chi connectivity index (χ4v) is 3.33. The lowest BCUT2D eigenvalue weighted by atomic mass is 10.1. The summed E-state index contributed by atoms with van der Waals surface area (Å²) >= 11 is 0. The van der Waals surface area contributed by atoms with Crippen LogP contribution >= 0.6 is 0 Å². The normalized spacial score (nSPS) is 17.4. The number of rotatable bonds is 5. The Morgan fingerprint density at radius 1 is 1.24 bits per heavy atom. The number of carbonyl (C=O) groups excluding carboxylic acids is 1. The number of nitrogens with zero attached hydrogens (tertiary/aromatic N) is 1. The average molecular weight is 338 g/mol. The fraction of sp³-hybridized carbons (Fsp3) is 0.381. The van der Waals surface area contributed by atoms with Crippen LogP contribution in [0.1, 0.15) is 24.0 Å². The molecule has 1 fully saturated rings. The summed E-state index contributed by atoms with van der Waals surface area (Å²) in [6, 6.07) is 16.1. The number of hydrogen-bond donors (Lipinski definition) is 1. The summed E-state index contributed by atoms with van der Waals surface area (Å²) in [5.41, 5.74) is 4.22. The van der Waals surface area contributed by atoms with Crippen LogP contribution in [0, 0.1) is 6.92 Å². The molecule has 1 amide bonds. The predicted molar refractivity (Wildman–Crippen MR) is 102 cm³/mol. The van der Waals surface area contributed by atoms with Crippen LogP contribution in [0.4, 0.5) is 11.4 Å². The summed E-state index contributed by atoms with van der Waals surface area (Å²) in [5.74, 6) is 0.00997. The lowest BCUT2D eigenvalue weighted by molar-refractivity contribution is -0.115. The minimum atomic E-state index is 0.00997. The Balaban J connectivity index is 1.58. The summed E-state index contributed by atoms with van der Waals surface area (Å²) in [5, 5.41) is 2.98. The van der Waals surface area contributed by atoms with Crippen LogP contribution in [0.2, 0.25) is 0 Å². The van der Waals surface area contributed by atoms with Gasteiger partial charge in [0.25, 0.3) is 0 Å². The van der Waals surface area contributed by atoms with E-state index in [-0.39, 0.29) is 5.91 Å². The van der Waals surface area contributed by atoms with E-state index in [4.69, 9.17) is 4.74 Å². The smallest absolute Gasteiger partial charge is 0.228 e. The Bertz CT molecular complexity index is 712. The Kier molecular flexibility index (Phi) is 5.71. The Morgan fingerprint density at radius 2 is 2.04 bits per heavy atom. The first-order valence-corrected chi connectivity index (χ1v) is 8.87.